The highest BCUT2D eigenvalue weighted by atomic mass is 14.0. The molecule has 1 rings (SSSR count). The van der Waals surface area contributed by atoms with Crippen LogP contribution in [0.5, 0.6) is 0 Å². The smallest absolute Gasteiger partial charge is 0.0228 e. The lowest BCUT2D eigenvalue weighted by Gasteiger charge is -2.00. The summed E-state index contributed by atoms with van der Waals surface area (Å²) in [5, 5.41) is 0. The van der Waals surface area contributed by atoms with Gasteiger partial charge >= 0.3 is 0 Å². The molecule has 86 valence electrons. The molecule has 0 aromatic heterocycles. The zero-order chi connectivity index (χ0) is 12.1. The number of hydrogen-bond acceptors (Lipinski definition) is 0. The van der Waals surface area contributed by atoms with Gasteiger partial charge in [-0.25, -0.2) is 0 Å². The van der Waals surface area contributed by atoms with Crippen molar-refractivity contribution < 1.29 is 0 Å². The van der Waals surface area contributed by atoms with Gasteiger partial charge in [0.15, 0.2) is 0 Å². The fourth-order valence-corrected chi connectivity index (χ4v) is 1.20. The molecular formula is C15H26. The topological polar surface area (TPSA) is 0 Å². The molecule has 0 aliphatic rings. The number of hydrogen-bond donors (Lipinski definition) is 0. The van der Waals surface area contributed by atoms with Gasteiger partial charge in [0.2, 0.25) is 0 Å². The van der Waals surface area contributed by atoms with E-state index in [0.29, 0.717) is 0 Å². The highest BCUT2D eigenvalue weighted by Crippen LogP contribution is 2.10. The average Bonchev–Trinajstić information content (AvgIpc) is 2.35. The molecule has 0 radical (unpaired) electrons. The fourth-order valence-electron chi connectivity index (χ4n) is 1.20. The summed E-state index contributed by atoms with van der Waals surface area (Å²) in [6, 6.07) is 8.49. The quantitative estimate of drug-likeness (QED) is 0.613. The van der Waals surface area contributed by atoms with Crippen LogP contribution in [0.1, 0.15) is 52.7 Å². The molecule has 0 amide bonds. The summed E-state index contributed by atoms with van der Waals surface area (Å²) < 4.78 is 0. The standard InChI is InChI=1S/C11H14.2C2H6/c1-3-7-11-9-6-5-8-10(11)4-2;2*1-2/h3,5-9H,4H2,1-2H3;2*1-2H3/b7-3+;;. The van der Waals surface area contributed by atoms with Gasteiger partial charge in [-0.1, -0.05) is 71.0 Å². The molecule has 0 fully saturated rings. The highest BCUT2D eigenvalue weighted by molar-refractivity contribution is 5.53. The molecule has 1 aromatic carbocycles. The SMILES string of the molecule is C/C=C/c1ccccc1CC.CC.CC. The maximum atomic E-state index is 2.18. The molecule has 15 heavy (non-hydrogen) atoms. The molecule has 0 saturated heterocycles. The Kier molecular flexibility index (Phi) is 14.2. The third-order valence-electron chi connectivity index (χ3n) is 1.78. The summed E-state index contributed by atoms with van der Waals surface area (Å²) >= 11 is 0. The van der Waals surface area contributed by atoms with Crippen molar-refractivity contribution in [1.29, 1.82) is 0 Å². The van der Waals surface area contributed by atoms with Gasteiger partial charge in [-0.2, -0.15) is 0 Å². The molecule has 0 N–H and O–H groups in total. The van der Waals surface area contributed by atoms with E-state index in [1.807, 2.05) is 34.6 Å². The predicted octanol–water partition coefficient (Wildman–Crippen LogP) is 5.33. The minimum Gasteiger partial charge on any atom is -0.0871 e. The van der Waals surface area contributed by atoms with Crippen molar-refractivity contribution in [3.63, 3.8) is 0 Å². The van der Waals surface area contributed by atoms with E-state index in [0.717, 1.165) is 6.42 Å². The van der Waals surface area contributed by atoms with Gasteiger partial charge in [-0.05, 0) is 24.5 Å². The van der Waals surface area contributed by atoms with E-state index in [1.165, 1.54) is 11.1 Å². The van der Waals surface area contributed by atoms with Gasteiger partial charge < -0.3 is 0 Å². The normalized spacial score (nSPS) is 8.67. The van der Waals surface area contributed by atoms with Gasteiger partial charge in [0.05, 0.1) is 0 Å². The fraction of sp³-hybridized carbons (Fsp3) is 0.467. The Morgan fingerprint density at radius 3 is 2.00 bits per heavy atom. The van der Waals surface area contributed by atoms with Gasteiger partial charge in [0.25, 0.3) is 0 Å². The number of allylic oxidation sites excluding steroid dienone is 1. The lowest BCUT2D eigenvalue weighted by Crippen LogP contribution is -1.83. The Balaban J connectivity index is 0. The maximum absolute atomic E-state index is 2.18. The number of benzene rings is 1. The van der Waals surface area contributed by atoms with Crippen LogP contribution < -0.4 is 0 Å². The molecule has 0 unspecified atom stereocenters. The van der Waals surface area contributed by atoms with Crippen LogP contribution in [0.4, 0.5) is 0 Å². The molecule has 0 heterocycles. The van der Waals surface area contributed by atoms with Crippen LogP contribution in [0.2, 0.25) is 0 Å². The zero-order valence-corrected chi connectivity index (χ0v) is 11.2. The van der Waals surface area contributed by atoms with Gasteiger partial charge in [-0.3, -0.25) is 0 Å². The Hall–Kier alpha value is -1.04. The lowest BCUT2D eigenvalue weighted by molar-refractivity contribution is 1.13. The molecular weight excluding hydrogens is 180 g/mol. The molecule has 0 bridgehead atoms. The molecule has 0 aliphatic carbocycles. The second-order valence-corrected chi connectivity index (χ2v) is 2.55. The van der Waals surface area contributed by atoms with Crippen molar-refractivity contribution in [3.05, 3.63) is 41.5 Å². The molecule has 0 heteroatoms. The average molecular weight is 206 g/mol. The number of aryl methyl sites for hydroxylation is 1. The van der Waals surface area contributed by atoms with E-state index in [1.54, 1.807) is 0 Å². The van der Waals surface area contributed by atoms with E-state index in [-0.39, 0.29) is 0 Å². The van der Waals surface area contributed by atoms with Gasteiger partial charge in [0.1, 0.15) is 0 Å². The highest BCUT2D eigenvalue weighted by Gasteiger charge is 1.92. The van der Waals surface area contributed by atoms with E-state index in [9.17, 15) is 0 Å². The first-order valence-electron chi connectivity index (χ1n) is 6.09. The van der Waals surface area contributed by atoms with E-state index < -0.39 is 0 Å². The summed E-state index contributed by atoms with van der Waals surface area (Å²) in [4.78, 5) is 0. The van der Waals surface area contributed by atoms with Crippen molar-refractivity contribution in [2.75, 3.05) is 0 Å². The zero-order valence-electron chi connectivity index (χ0n) is 11.2. The monoisotopic (exact) mass is 206 g/mol. The summed E-state index contributed by atoms with van der Waals surface area (Å²) in [5.41, 5.74) is 2.77. The van der Waals surface area contributed by atoms with Crippen LogP contribution >= 0.6 is 0 Å². The van der Waals surface area contributed by atoms with Crippen molar-refractivity contribution in [2.24, 2.45) is 0 Å². The second-order valence-electron chi connectivity index (χ2n) is 2.55. The Bertz CT molecular complexity index is 246. The summed E-state index contributed by atoms with van der Waals surface area (Å²) in [6.45, 7) is 12.2. The van der Waals surface area contributed by atoms with Crippen LogP contribution in [-0.4, -0.2) is 0 Å². The van der Waals surface area contributed by atoms with Crippen molar-refractivity contribution >= 4 is 6.08 Å². The van der Waals surface area contributed by atoms with Crippen LogP contribution in [-0.2, 0) is 6.42 Å². The summed E-state index contributed by atoms with van der Waals surface area (Å²) in [7, 11) is 0. The summed E-state index contributed by atoms with van der Waals surface area (Å²) in [6.07, 6.45) is 5.34. The Morgan fingerprint density at radius 2 is 1.53 bits per heavy atom. The largest absolute Gasteiger partial charge is 0.0871 e. The van der Waals surface area contributed by atoms with Gasteiger partial charge in [0, 0.05) is 0 Å². The van der Waals surface area contributed by atoms with E-state index in [4.69, 9.17) is 0 Å². The van der Waals surface area contributed by atoms with Crippen molar-refractivity contribution in [1.82, 2.24) is 0 Å². The second kappa shape index (κ2) is 13.0. The van der Waals surface area contributed by atoms with Crippen molar-refractivity contribution in [2.45, 2.75) is 48.0 Å². The minimum atomic E-state index is 1.11. The minimum absolute atomic E-state index is 1.11. The molecule has 0 atom stereocenters. The van der Waals surface area contributed by atoms with Crippen LogP contribution in [0.25, 0.3) is 6.08 Å². The van der Waals surface area contributed by atoms with E-state index >= 15 is 0 Å². The third kappa shape index (κ3) is 6.96. The molecule has 0 aliphatic heterocycles. The molecule has 1 aromatic rings. The first kappa shape index (κ1) is 16.4. The first-order chi connectivity index (χ1) is 7.38. The first-order valence-corrected chi connectivity index (χ1v) is 6.09. The van der Waals surface area contributed by atoms with Crippen molar-refractivity contribution in [3.8, 4) is 0 Å². The molecule has 0 nitrogen and oxygen atoms in total. The molecule has 0 spiro atoms. The third-order valence-corrected chi connectivity index (χ3v) is 1.78. The van der Waals surface area contributed by atoms with E-state index in [2.05, 4.69) is 43.3 Å². The summed E-state index contributed by atoms with van der Waals surface area (Å²) in [5.74, 6) is 0. The maximum Gasteiger partial charge on any atom is -0.0228 e. The van der Waals surface area contributed by atoms with Crippen LogP contribution in [0.3, 0.4) is 0 Å². The lowest BCUT2D eigenvalue weighted by atomic mass is 10.1. The number of rotatable bonds is 2. The predicted molar refractivity (Wildman–Crippen MR) is 73.2 cm³/mol. The van der Waals surface area contributed by atoms with Crippen LogP contribution in [0, 0.1) is 0 Å². The van der Waals surface area contributed by atoms with Crippen LogP contribution in [0.15, 0.2) is 30.3 Å². The Labute approximate surface area is 96.0 Å². The molecule has 0 saturated carbocycles. The van der Waals surface area contributed by atoms with Gasteiger partial charge in [-0.15, -0.1) is 0 Å². The Morgan fingerprint density at radius 1 is 1.00 bits per heavy atom.